The van der Waals surface area contributed by atoms with Gasteiger partial charge in [-0.2, -0.15) is 0 Å². The van der Waals surface area contributed by atoms with E-state index in [0.717, 1.165) is 45.7 Å². The Kier molecular flexibility index (Phi) is 7.89. The highest BCUT2D eigenvalue weighted by molar-refractivity contribution is 6.10. The maximum Gasteiger partial charge on any atom is 0.135 e. The molecule has 0 amide bonds. The third-order valence-corrected chi connectivity index (χ3v) is 12.1. The Morgan fingerprint density at radius 3 is 2.35 bits per heavy atom. The van der Waals surface area contributed by atoms with Crippen LogP contribution in [0.25, 0.3) is 90.1 Å². The molecule has 0 N–H and O–H groups in total. The molecule has 3 aromatic heterocycles. The van der Waals surface area contributed by atoms with Gasteiger partial charge >= 0.3 is 0 Å². The molecule has 3 heteroatoms. The quantitative estimate of drug-likeness (QED) is 0.173. The normalized spacial score (nSPS) is 17.6. The highest BCUT2D eigenvalue weighted by Crippen LogP contribution is 2.34. The van der Waals surface area contributed by atoms with Crippen molar-refractivity contribution < 1.29 is 4.42 Å². The molecular weight excluding hydrogens is 693 g/mol. The number of benzene rings is 6. The summed E-state index contributed by atoms with van der Waals surface area (Å²) in [5.74, 6) is 0.787. The van der Waals surface area contributed by atoms with Crippen molar-refractivity contribution in [1.82, 2.24) is 9.13 Å². The Balaban J connectivity index is 1.09. The molecule has 0 radical (unpaired) electrons. The minimum Gasteiger partial charge on any atom is -0.456 e. The number of allylic oxidation sites excluding steroid dienone is 6. The van der Waals surface area contributed by atoms with Gasteiger partial charge in [0.25, 0.3) is 0 Å². The van der Waals surface area contributed by atoms with Crippen molar-refractivity contribution in [2.75, 3.05) is 0 Å². The van der Waals surface area contributed by atoms with Gasteiger partial charge in [-0.1, -0.05) is 122 Å². The van der Waals surface area contributed by atoms with Crippen LogP contribution in [-0.2, 0) is 0 Å². The first-order valence-electron chi connectivity index (χ1n) is 20.2. The second-order valence-corrected chi connectivity index (χ2v) is 15.7. The van der Waals surface area contributed by atoms with E-state index in [2.05, 4.69) is 198 Å². The Bertz CT molecular complexity index is 3440. The molecule has 57 heavy (non-hydrogen) atoms. The molecule has 3 nitrogen and oxygen atoms in total. The Labute approximate surface area is 331 Å². The summed E-state index contributed by atoms with van der Waals surface area (Å²) in [7, 11) is 0. The average Bonchev–Trinajstić information content (AvgIpc) is 3.90. The van der Waals surface area contributed by atoms with E-state index >= 15 is 0 Å². The highest BCUT2D eigenvalue weighted by atomic mass is 16.3. The first-order chi connectivity index (χ1) is 28.1. The molecule has 0 saturated carbocycles. The summed E-state index contributed by atoms with van der Waals surface area (Å²) < 4.78 is 11.5. The number of nitrogens with zero attached hydrogens (tertiary/aromatic N) is 2. The van der Waals surface area contributed by atoms with E-state index in [4.69, 9.17) is 4.42 Å². The van der Waals surface area contributed by atoms with E-state index in [1.807, 2.05) is 6.92 Å². The van der Waals surface area contributed by atoms with Crippen LogP contribution < -0.4 is 21.2 Å². The summed E-state index contributed by atoms with van der Waals surface area (Å²) in [6, 6.07) is 46.4. The van der Waals surface area contributed by atoms with Crippen LogP contribution in [-0.4, -0.2) is 9.13 Å². The largest absolute Gasteiger partial charge is 0.456 e. The molecule has 9 aromatic rings. The number of hydrogen-bond acceptors (Lipinski definition) is 1. The Morgan fingerprint density at radius 1 is 0.684 bits per heavy atom. The first-order valence-corrected chi connectivity index (χ1v) is 20.2. The van der Waals surface area contributed by atoms with Gasteiger partial charge in [0.05, 0.1) is 16.6 Å². The molecule has 0 saturated heterocycles. The molecule has 3 heterocycles. The smallest absolute Gasteiger partial charge is 0.135 e. The molecule has 0 bridgehead atoms. The van der Waals surface area contributed by atoms with Crippen molar-refractivity contribution in [3.05, 3.63) is 190 Å². The van der Waals surface area contributed by atoms with E-state index in [0.29, 0.717) is 5.92 Å². The lowest BCUT2D eigenvalue weighted by Crippen LogP contribution is -2.32. The monoisotopic (exact) mass is 734 g/mol. The highest BCUT2D eigenvalue weighted by Gasteiger charge is 2.20. The number of fused-ring (bicyclic) bond motifs is 9. The molecule has 2 aliphatic carbocycles. The second-order valence-electron chi connectivity index (χ2n) is 15.7. The van der Waals surface area contributed by atoms with Gasteiger partial charge in [-0.15, -0.1) is 0 Å². The number of furan rings is 1. The first kappa shape index (κ1) is 33.5. The lowest BCUT2D eigenvalue weighted by atomic mass is 9.90. The molecule has 0 aliphatic heterocycles. The van der Waals surface area contributed by atoms with E-state index in [-0.39, 0.29) is 5.92 Å². The molecule has 6 aromatic carbocycles. The van der Waals surface area contributed by atoms with Gasteiger partial charge in [-0.3, -0.25) is 0 Å². The minimum atomic E-state index is 0.224. The summed E-state index contributed by atoms with van der Waals surface area (Å²) in [6.07, 6.45) is 22.6. The Morgan fingerprint density at radius 2 is 1.49 bits per heavy atom. The van der Waals surface area contributed by atoms with Crippen molar-refractivity contribution in [1.29, 1.82) is 0 Å². The fourth-order valence-electron chi connectivity index (χ4n) is 9.32. The van der Waals surface area contributed by atoms with Gasteiger partial charge in [0.1, 0.15) is 11.0 Å². The van der Waals surface area contributed by atoms with Crippen LogP contribution in [0.1, 0.15) is 43.7 Å². The van der Waals surface area contributed by atoms with E-state index in [9.17, 15) is 0 Å². The third-order valence-electron chi connectivity index (χ3n) is 12.1. The number of para-hydroxylation sites is 2. The van der Waals surface area contributed by atoms with Gasteiger partial charge in [0, 0.05) is 54.6 Å². The van der Waals surface area contributed by atoms with Crippen molar-refractivity contribution in [2.24, 2.45) is 5.92 Å². The van der Waals surface area contributed by atoms with Crippen LogP contribution in [0, 0.1) is 5.92 Å². The lowest BCUT2D eigenvalue weighted by Gasteiger charge is -2.17. The van der Waals surface area contributed by atoms with Gasteiger partial charge < -0.3 is 13.6 Å². The molecule has 2 atom stereocenters. The van der Waals surface area contributed by atoms with Crippen LogP contribution in [0.2, 0.25) is 0 Å². The van der Waals surface area contributed by atoms with Crippen LogP contribution in [0.5, 0.6) is 0 Å². The minimum absolute atomic E-state index is 0.224. The SMILES string of the molecule is C/C=C\C=c1\oc2ccc(C3C=c4c(n(C5=CCC(C)C=C5)c5ccc6ccccc6c45)=CC3)cc2c1=Cc1ccc2c(c1)c1ccccc1n2-c1ccccc1. The maximum absolute atomic E-state index is 6.60. The standard InChI is InChI=1S/C54H42N2O/c1-3-4-18-52-45(32-36-21-27-49-44(31-36)43-16-10-11-17-48(43)55(49)40-13-6-5-7-14-40)46-33-39(24-30-53(46)57-52)38-23-28-50-47(34-38)54-42-15-9-8-12-37(42)22-29-51(54)56(50)41-25-19-35(2)20-26-41/h3-19,21-22,24-35,38H,20,23H2,1-2H3/b4-3-,45-32?,52-18+. The summed E-state index contributed by atoms with van der Waals surface area (Å²) in [6.45, 7) is 4.33. The van der Waals surface area contributed by atoms with E-state index < -0.39 is 0 Å². The maximum atomic E-state index is 6.60. The summed E-state index contributed by atoms with van der Waals surface area (Å²) in [4.78, 5) is 0. The fraction of sp³-hybridized carbons (Fsp3) is 0.111. The Hall–Kier alpha value is -6.84. The van der Waals surface area contributed by atoms with E-state index in [1.54, 1.807) is 0 Å². The zero-order valence-electron chi connectivity index (χ0n) is 32.2. The lowest BCUT2D eigenvalue weighted by molar-refractivity contribution is 0.575. The number of aromatic nitrogens is 2. The van der Waals surface area contributed by atoms with Crippen molar-refractivity contribution >= 4 is 84.5 Å². The fourth-order valence-corrected chi connectivity index (χ4v) is 9.32. The zero-order valence-corrected chi connectivity index (χ0v) is 32.2. The van der Waals surface area contributed by atoms with Crippen LogP contribution in [0.4, 0.5) is 0 Å². The average molecular weight is 735 g/mol. The number of hydrogen-bond donors (Lipinski definition) is 0. The molecule has 2 aliphatic rings. The summed E-state index contributed by atoms with van der Waals surface area (Å²) in [5.41, 5.74) is 10.3. The molecule has 274 valence electrons. The molecule has 0 fully saturated rings. The van der Waals surface area contributed by atoms with Gasteiger partial charge in [-0.25, -0.2) is 0 Å². The van der Waals surface area contributed by atoms with Gasteiger partial charge in [0.2, 0.25) is 0 Å². The van der Waals surface area contributed by atoms with Crippen LogP contribution in [0.3, 0.4) is 0 Å². The predicted octanol–water partition coefficient (Wildman–Crippen LogP) is 11.0. The van der Waals surface area contributed by atoms with Crippen LogP contribution in [0.15, 0.2) is 162 Å². The molecule has 2 unspecified atom stereocenters. The molecule has 11 rings (SSSR count). The predicted molar refractivity (Wildman–Crippen MR) is 241 cm³/mol. The summed E-state index contributed by atoms with van der Waals surface area (Å²) in [5, 5.41) is 11.3. The second kappa shape index (κ2) is 13.4. The zero-order chi connectivity index (χ0) is 38.0. The summed E-state index contributed by atoms with van der Waals surface area (Å²) >= 11 is 0. The third kappa shape index (κ3) is 5.49. The molecule has 0 spiro atoms. The van der Waals surface area contributed by atoms with Crippen molar-refractivity contribution in [2.45, 2.75) is 32.6 Å². The topological polar surface area (TPSA) is 23.0 Å². The van der Waals surface area contributed by atoms with Crippen molar-refractivity contribution in [3.63, 3.8) is 0 Å². The molecular formula is C54H42N2O. The van der Waals surface area contributed by atoms with Gasteiger partial charge in [0.15, 0.2) is 0 Å². The van der Waals surface area contributed by atoms with Gasteiger partial charge in [-0.05, 0) is 114 Å². The van der Waals surface area contributed by atoms with E-state index in [1.165, 1.54) is 65.3 Å². The van der Waals surface area contributed by atoms with Crippen LogP contribution >= 0.6 is 0 Å². The number of rotatable bonds is 5. The van der Waals surface area contributed by atoms with Crippen molar-refractivity contribution in [3.8, 4) is 5.69 Å².